The lowest BCUT2D eigenvalue weighted by molar-refractivity contribution is 0.238. The van der Waals surface area contributed by atoms with Crippen molar-refractivity contribution in [1.82, 2.24) is 25.7 Å². The van der Waals surface area contributed by atoms with Gasteiger partial charge in [0.05, 0.1) is 6.54 Å². The van der Waals surface area contributed by atoms with E-state index in [0.717, 1.165) is 25.5 Å². The van der Waals surface area contributed by atoms with Gasteiger partial charge in [-0.15, -0.1) is 0 Å². The summed E-state index contributed by atoms with van der Waals surface area (Å²) in [4.78, 5) is 11.1. The maximum Gasteiger partial charge on any atom is 0.232 e. The molecule has 0 aliphatic rings. The van der Waals surface area contributed by atoms with E-state index in [1.54, 1.807) is 7.05 Å². The van der Waals surface area contributed by atoms with Crippen LogP contribution in [-0.4, -0.2) is 47.7 Å². The Labute approximate surface area is 168 Å². The Morgan fingerprint density at radius 1 is 1.21 bits per heavy atom. The van der Waals surface area contributed by atoms with Crippen molar-refractivity contribution in [3.05, 3.63) is 47.6 Å². The van der Waals surface area contributed by atoms with Crippen LogP contribution in [0.3, 0.4) is 0 Å². The van der Waals surface area contributed by atoms with Crippen molar-refractivity contribution in [3.63, 3.8) is 0 Å². The van der Waals surface area contributed by atoms with Crippen LogP contribution in [0, 0.1) is 0 Å². The highest BCUT2D eigenvalue weighted by Gasteiger charge is 2.21. The molecule has 1 atom stereocenters. The lowest BCUT2D eigenvalue weighted by atomic mass is 9.97. The number of nitrogens with zero attached hydrogens (tertiary/aromatic N) is 4. The van der Waals surface area contributed by atoms with E-state index in [2.05, 4.69) is 68.9 Å². The van der Waals surface area contributed by atoms with Gasteiger partial charge < -0.3 is 15.2 Å². The summed E-state index contributed by atoms with van der Waals surface area (Å²) in [5.74, 6) is 2.01. The number of benzene rings is 1. The van der Waals surface area contributed by atoms with Crippen molar-refractivity contribution in [2.75, 3.05) is 20.6 Å². The van der Waals surface area contributed by atoms with Crippen molar-refractivity contribution in [2.45, 2.75) is 58.7 Å². The van der Waals surface area contributed by atoms with Crippen molar-refractivity contribution in [3.8, 4) is 0 Å². The van der Waals surface area contributed by atoms with Crippen LogP contribution in [0.2, 0.25) is 0 Å². The summed E-state index contributed by atoms with van der Waals surface area (Å²) in [7, 11) is 3.92. The fraction of sp³-hybridized carbons (Fsp3) is 0.571. The highest BCUT2D eigenvalue weighted by Crippen LogP contribution is 2.19. The molecule has 0 fully saturated rings. The Kier molecular flexibility index (Phi) is 7.99. The molecule has 0 radical (unpaired) electrons. The van der Waals surface area contributed by atoms with E-state index in [1.165, 1.54) is 5.56 Å². The fourth-order valence-electron chi connectivity index (χ4n) is 2.66. The van der Waals surface area contributed by atoms with Gasteiger partial charge in [-0.3, -0.25) is 9.89 Å². The molecule has 0 aliphatic heterocycles. The predicted octanol–water partition coefficient (Wildman–Crippen LogP) is 2.94. The van der Waals surface area contributed by atoms with Crippen molar-refractivity contribution < 1.29 is 4.52 Å². The SMILES string of the molecule is CN=C(NCCC(C)N(C)Cc1ccccc1)NCc1noc(C(C)(C)C)n1. The molecule has 154 valence electrons. The van der Waals surface area contributed by atoms with Crippen LogP contribution in [0.25, 0.3) is 0 Å². The van der Waals surface area contributed by atoms with Crippen LogP contribution in [0.1, 0.15) is 51.4 Å². The molecule has 0 saturated heterocycles. The van der Waals surface area contributed by atoms with E-state index in [1.807, 2.05) is 26.8 Å². The van der Waals surface area contributed by atoms with Gasteiger partial charge in [0.2, 0.25) is 5.89 Å². The molecule has 1 aromatic carbocycles. The Balaban J connectivity index is 1.72. The minimum atomic E-state index is -0.146. The lowest BCUT2D eigenvalue weighted by Crippen LogP contribution is -2.39. The minimum Gasteiger partial charge on any atom is -0.356 e. The van der Waals surface area contributed by atoms with Gasteiger partial charge in [-0.2, -0.15) is 4.98 Å². The molecule has 0 bridgehead atoms. The molecule has 0 spiro atoms. The summed E-state index contributed by atoms with van der Waals surface area (Å²) in [6, 6.07) is 11.0. The van der Waals surface area contributed by atoms with Crippen LogP contribution in [0.5, 0.6) is 0 Å². The third-order valence-electron chi connectivity index (χ3n) is 4.63. The molecular formula is C21H34N6O. The first-order chi connectivity index (χ1) is 13.3. The Morgan fingerprint density at radius 3 is 2.54 bits per heavy atom. The lowest BCUT2D eigenvalue weighted by Gasteiger charge is -2.25. The summed E-state index contributed by atoms with van der Waals surface area (Å²) in [6.45, 7) is 10.6. The summed E-state index contributed by atoms with van der Waals surface area (Å²) < 4.78 is 5.32. The molecule has 0 aliphatic carbocycles. The van der Waals surface area contributed by atoms with E-state index in [9.17, 15) is 0 Å². The second kappa shape index (κ2) is 10.2. The predicted molar refractivity (Wildman–Crippen MR) is 113 cm³/mol. The quantitative estimate of drug-likeness (QED) is 0.536. The first-order valence-electron chi connectivity index (χ1n) is 9.81. The van der Waals surface area contributed by atoms with Gasteiger partial charge in [0, 0.05) is 31.6 Å². The fourth-order valence-corrected chi connectivity index (χ4v) is 2.66. The van der Waals surface area contributed by atoms with Gasteiger partial charge in [-0.1, -0.05) is 56.3 Å². The highest BCUT2D eigenvalue weighted by molar-refractivity contribution is 5.79. The zero-order valence-corrected chi connectivity index (χ0v) is 18.0. The number of rotatable bonds is 8. The molecular weight excluding hydrogens is 352 g/mol. The van der Waals surface area contributed by atoms with Crippen LogP contribution in [0.15, 0.2) is 39.8 Å². The van der Waals surface area contributed by atoms with Gasteiger partial charge in [0.1, 0.15) is 0 Å². The van der Waals surface area contributed by atoms with Crippen LogP contribution in [0.4, 0.5) is 0 Å². The minimum absolute atomic E-state index is 0.146. The third kappa shape index (κ3) is 6.96. The number of aliphatic imine (C=N–C) groups is 1. The van der Waals surface area contributed by atoms with E-state index >= 15 is 0 Å². The first kappa shape index (κ1) is 21.9. The van der Waals surface area contributed by atoms with Crippen molar-refractivity contribution in [1.29, 1.82) is 0 Å². The standard InChI is InChI=1S/C21H34N6O/c1-16(27(6)15-17-10-8-7-9-11-17)12-13-23-20(22-5)24-14-18-25-19(28-26-18)21(2,3)4/h7-11,16H,12-15H2,1-6H3,(H2,22,23,24). The zero-order valence-electron chi connectivity index (χ0n) is 18.0. The van der Waals surface area contributed by atoms with E-state index in [4.69, 9.17) is 4.52 Å². The van der Waals surface area contributed by atoms with Gasteiger partial charge in [-0.25, -0.2) is 0 Å². The van der Waals surface area contributed by atoms with Gasteiger partial charge in [0.25, 0.3) is 0 Å². The van der Waals surface area contributed by atoms with Crippen molar-refractivity contribution in [2.24, 2.45) is 4.99 Å². The van der Waals surface area contributed by atoms with Gasteiger partial charge in [-0.05, 0) is 26.0 Å². The van der Waals surface area contributed by atoms with Crippen molar-refractivity contribution >= 4 is 5.96 Å². The number of hydrogen-bond acceptors (Lipinski definition) is 5. The van der Waals surface area contributed by atoms with Crippen LogP contribution >= 0.6 is 0 Å². The summed E-state index contributed by atoms with van der Waals surface area (Å²) in [5, 5.41) is 10.6. The second-order valence-electron chi connectivity index (χ2n) is 8.16. The molecule has 2 rings (SSSR count). The van der Waals surface area contributed by atoms with Crippen LogP contribution in [-0.2, 0) is 18.5 Å². The number of nitrogens with one attached hydrogen (secondary N) is 2. The molecule has 1 heterocycles. The Hall–Kier alpha value is -2.41. The molecule has 1 aromatic heterocycles. The average Bonchev–Trinajstić information content (AvgIpc) is 3.14. The average molecular weight is 387 g/mol. The van der Waals surface area contributed by atoms with Gasteiger partial charge >= 0.3 is 0 Å². The second-order valence-corrected chi connectivity index (χ2v) is 8.16. The normalized spacial score (nSPS) is 13.6. The van der Waals surface area contributed by atoms with E-state index in [0.29, 0.717) is 24.3 Å². The monoisotopic (exact) mass is 386 g/mol. The largest absolute Gasteiger partial charge is 0.356 e. The van der Waals surface area contributed by atoms with Crippen LogP contribution < -0.4 is 10.6 Å². The van der Waals surface area contributed by atoms with Gasteiger partial charge in [0.15, 0.2) is 11.8 Å². The highest BCUT2D eigenvalue weighted by atomic mass is 16.5. The molecule has 7 heteroatoms. The zero-order chi connectivity index (χ0) is 20.6. The smallest absolute Gasteiger partial charge is 0.232 e. The third-order valence-corrected chi connectivity index (χ3v) is 4.63. The first-order valence-corrected chi connectivity index (χ1v) is 9.81. The maximum absolute atomic E-state index is 5.32. The summed E-state index contributed by atoms with van der Waals surface area (Å²) >= 11 is 0. The molecule has 7 nitrogen and oxygen atoms in total. The molecule has 2 aromatic rings. The van der Waals surface area contributed by atoms with E-state index in [-0.39, 0.29) is 5.41 Å². The number of guanidine groups is 1. The summed E-state index contributed by atoms with van der Waals surface area (Å²) in [6.07, 6.45) is 1.01. The number of hydrogen-bond donors (Lipinski definition) is 2. The Morgan fingerprint density at radius 2 is 1.93 bits per heavy atom. The molecule has 0 saturated carbocycles. The molecule has 0 amide bonds. The topological polar surface area (TPSA) is 78.6 Å². The maximum atomic E-state index is 5.32. The number of aromatic nitrogens is 2. The van der Waals surface area contributed by atoms with E-state index < -0.39 is 0 Å². The molecule has 2 N–H and O–H groups in total. The summed E-state index contributed by atoms with van der Waals surface area (Å²) in [5.41, 5.74) is 1.18. The molecule has 1 unspecified atom stereocenters. The molecule has 28 heavy (non-hydrogen) atoms. The Bertz CT molecular complexity index is 735.